The molecule has 0 fully saturated rings. The minimum Gasteiger partial charge on any atom is -0.478 e. The zero-order chi connectivity index (χ0) is 14.2. The second kappa shape index (κ2) is 5.30. The van der Waals surface area contributed by atoms with Crippen LogP contribution in [0, 0.1) is 12.7 Å². The molecule has 0 unspecified atom stereocenters. The quantitative estimate of drug-likeness (QED) is 0.881. The van der Waals surface area contributed by atoms with Crippen molar-refractivity contribution in [3.8, 4) is 0 Å². The van der Waals surface area contributed by atoms with Crippen LogP contribution in [0.4, 0.5) is 4.39 Å². The summed E-state index contributed by atoms with van der Waals surface area (Å²) < 4.78 is 14.6. The van der Waals surface area contributed by atoms with E-state index in [1.807, 2.05) is 6.92 Å². The first-order valence-corrected chi connectivity index (χ1v) is 7.44. The molecular formula is C13H11FO3S2. The maximum absolute atomic E-state index is 14.0. The number of benzene rings is 1. The van der Waals surface area contributed by atoms with E-state index >= 15 is 0 Å². The van der Waals surface area contributed by atoms with E-state index in [0.717, 1.165) is 23.2 Å². The summed E-state index contributed by atoms with van der Waals surface area (Å²) >= 11 is 2.53. The normalized spacial score (nSPS) is 10.9. The van der Waals surface area contributed by atoms with Crippen molar-refractivity contribution in [2.75, 3.05) is 5.75 Å². The number of hydrogen-bond donors (Lipinski definition) is 1. The van der Waals surface area contributed by atoms with E-state index in [2.05, 4.69) is 0 Å². The summed E-state index contributed by atoms with van der Waals surface area (Å²) in [5.41, 5.74) is -0.246. The fourth-order valence-electron chi connectivity index (χ4n) is 1.85. The largest absolute Gasteiger partial charge is 0.478 e. The highest BCUT2D eigenvalue weighted by atomic mass is 32.2. The first-order chi connectivity index (χ1) is 8.97. The van der Waals surface area contributed by atoms with E-state index in [1.165, 1.54) is 17.1 Å². The molecule has 6 heteroatoms. The summed E-state index contributed by atoms with van der Waals surface area (Å²) in [5, 5.41) is 10.4. The van der Waals surface area contributed by atoms with Gasteiger partial charge in [-0.05, 0) is 24.3 Å². The number of carboxylic acid groups (broad SMARTS) is 1. The molecule has 19 heavy (non-hydrogen) atoms. The average Bonchev–Trinajstić information content (AvgIpc) is 2.35. The summed E-state index contributed by atoms with van der Waals surface area (Å²) in [7, 11) is 0. The fraction of sp³-hybridized carbons (Fsp3) is 0.231. The number of carboxylic acids is 1. The molecule has 2 aromatic rings. The zero-order valence-corrected chi connectivity index (χ0v) is 12.0. The number of rotatable bonds is 3. The summed E-state index contributed by atoms with van der Waals surface area (Å²) in [4.78, 5) is 23.4. The zero-order valence-electron chi connectivity index (χ0n) is 10.3. The third kappa shape index (κ3) is 2.37. The summed E-state index contributed by atoms with van der Waals surface area (Å²) in [6.45, 7) is 3.67. The Hall–Kier alpha value is -1.40. The predicted molar refractivity (Wildman–Crippen MR) is 76.1 cm³/mol. The van der Waals surface area contributed by atoms with E-state index < -0.39 is 17.2 Å². The number of aryl methyl sites for hydroxylation is 1. The summed E-state index contributed by atoms with van der Waals surface area (Å²) in [5.74, 6) is -1.03. The molecule has 0 bridgehead atoms. The van der Waals surface area contributed by atoms with E-state index in [9.17, 15) is 14.0 Å². The monoisotopic (exact) mass is 298 g/mol. The van der Waals surface area contributed by atoms with E-state index in [1.54, 1.807) is 6.92 Å². The number of aromatic carboxylic acids is 1. The minimum atomic E-state index is -1.28. The lowest BCUT2D eigenvalue weighted by molar-refractivity contribution is 0.0696. The first-order valence-electron chi connectivity index (χ1n) is 5.58. The molecule has 1 aromatic carbocycles. The van der Waals surface area contributed by atoms with Gasteiger partial charge in [0.1, 0.15) is 11.4 Å². The molecule has 0 radical (unpaired) electrons. The van der Waals surface area contributed by atoms with Crippen molar-refractivity contribution in [2.45, 2.75) is 18.7 Å². The van der Waals surface area contributed by atoms with E-state index in [4.69, 9.17) is 5.11 Å². The minimum absolute atomic E-state index is 0.139. The van der Waals surface area contributed by atoms with Crippen LogP contribution in [-0.2, 0) is 0 Å². The number of thioether (sulfide) groups is 1. The van der Waals surface area contributed by atoms with Gasteiger partial charge in [0.25, 0.3) is 0 Å². The highest BCUT2D eigenvalue weighted by Crippen LogP contribution is 2.32. The SMILES string of the molecule is CCSc1c(F)cc2c(=O)c(C(=O)O)csc2c1C. The van der Waals surface area contributed by atoms with Crippen LogP contribution in [0.5, 0.6) is 0 Å². The van der Waals surface area contributed by atoms with Gasteiger partial charge in [0.15, 0.2) is 0 Å². The molecule has 0 aliphatic heterocycles. The molecule has 0 spiro atoms. The highest BCUT2D eigenvalue weighted by Gasteiger charge is 2.17. The van der Waals surface area contributed by atoms with Crippen LogP contribution in [0.15, 0.2) is 21.1 Å². The predicted octanol–water partition coefficient (Wildman–Crippen LogP) is 3.52. The van der Waals surface area contributed by atoms with Crippen LogP contribution in [0.25, 0.3) is 10.1 Å². The van der Waals surface area contributed by atoms with Crippen molar-refractivity contribution in [1.29, 1.82) is 0 Å². The Bertz CT molecular complexity index is 722. The van der Waals surface area contributed by atoms with Gasteiger partial charge in [0.2, 0.25) is 5.43 Å². The molecule has 0 aliphatic carbocycles. The standard InChI is InChI=1S/C13H11FO3S2/c1-3-18-12-6(2)11-7(4-9(12)14)10(15)8(5-19-11)13(16)17/h4-5H,3H2,1-2H3,(H,16,17). The Kier molecular flexibility index (Phi) is 3.91. The first kappa shape index (κ1) is 14.0. The third-order valence-corrected chi connectivity index (χ3v) is 4.91. The Balaban J connectivity index is 2.84. The molecule has 1 aromatic heterocycles. The molecule has 1 N–H and O–H groups in total. The van der Waals surface area contributed by atoms with Gasteiger partial charge in [-0.3, -0.25) is 4.79 Å². The van der Waals surface area contributed by atoms with Crippen LogP contribution in [0.2, 0.25) is 0 Å². The molecule has 1 heterocycles. The molecule has 3 nitrogen and oxygen atoms in total. The number of carbonyl (C=O) groups is 1. The van der Waals surface area contributed by atoms with Gasteiger partial charge in [-0.15, -0.1) is 23.1 Å². The Morgan fingerprint density at radius 1 is 1.53 bits per heavy atom. The maximum Gasteiger partial charge on any atom is 0.340 e. The van der Waals surface area contributed by atoms with Crippen molar-refractivity contribution in [3.05, 3.63) is 38.6 Å². The van der Waals surface area contributed by atoms with Gasteiger partial charge in [-0.2, -0.15) is 0 Å². The molecule has 2 rings (SSSR count). The van der Waals surface area contributed by atoms with Crippen molar-refractivity contribution >= 4 is 39.2 Å². The third-order valence-electron chi connectivity index (χ3n) is 2.72. The molecule has 0 atom stereocenters. The van der Waals surface area contributed by atoms with Crippen LogP contribution >= 0.6 is 23.1 Å². The topological polar surface area (TPSA) is 54.4 Å². The van der Waals surface area contributed by atoms with Gasteiger partial charge < -0.3 is 5.11 Å². The number of fused-ring (bicyclic) bond motifs is 1. The second-order valence-corrected chi connectivity index (χ2v) is 6.06. The van der Waals surface area contributed by atoms with Gasteiger partial charge in [0.05, 0.1) is 0 Å². The molecule has 0 amide bonds. The van der Waals surface area contributed by atoms with E-state index in [-0.39, 0.29) is 10.9 Å². The van der Waals surface area contributed by atoms with Gasteiger partial charge in [-0.25, -0.2) is 9.18 Å². The smallest absolute Gasteiger partial charge is 0.340 e. The van der Waals surface area contributed by atoms with Crippen molar-refractivity contribution in [2.24, 2.45) is 0 Å². The van der Waals surface area contributed by atoms with Gasteiger partial charge >= 0.3 is 5.97 Å². The van der Waals surface area contributed by atoms with Gasteiger partial charge in [0, 0.05) is 20.4 Å². The van der Waals surface area contributed by atoms with Crippen LogP contribution in [-0.4, -0.2) is 16.8 Å². The number of hydrogen-bond acceptors (Lipinski definition) is 4. The fourth-order valence-corrected chi connectivity index (χ4v) is 3.72. The molecule has 0 aliphatic rings. The lowest BCUT2D eigenvalue weighted by atomic mass is 10.1. The number of halogens is 1. The summed E-state index contributed by atoms with van der Waals surface area (Å²) in [6, 6.07) is 1.14. The van der Waals surface area contributed by atoms with Crippen LogP contribution in [0.3, 0.4) is 0 Å². The Morgan fingerprint density at radius 2 is 2.21 bits per heavy atom. The Labute approximate surface area is 117 Å². The average molecular weight is 298 g/mol. The van der Waals surface area contributed by atoms with Crippen molar-refractivity contribution in [3.63, 3.8) is 0 Å². The second-order valence-electron chi connectivity index (χ2n) is 3.91. The van der Waals surface area contributed by atoms with E-state index in [0.29, 0.717) is 15.2 Å². The lowest BCUT2D eigenvalue weighted by Crippen LogP contribution is -2.14. The lowest BCUT2D eigenvalue weighted by Gasteiger charge is -2.09. The molecule has 100 valence electrons. The van der Waals surface area contributed by atoms with Crippen molar-refractivity contribution in [1.82, 2.24) is 0 Å². The summed E-state index contributed by atoms with van der Waals surface area (Å²) in [6.07, 6.45) is 0. The Morgan fingerprint density at radius 3 is 2.79 bits per heavy atom. The molecular weight excluding hydrogens is 287 g/mol. The molecule has 0 saturated carbocycles. The highest BCUT2D eigenvalue weighted by molar-refractivity contribution is 7.99. The van der Waals surface area contributed by atoms with Crippen LogP contribution in [0.1, 0.15) is 22.8 Å². The van der Waals surface area contributed by atoms with Crippen LogP contribution < -0.4 is 5.43 Å². The van der Waals surface area contributed by atoms with Crippen molar-refractivity contribution < 1.29 is 14.3 Å². The maximum atomic E-state index is 14.0. The molecule has 0 saturated heterocycles. The van der Waals surface area contributed by atoms with Gasteiger partial charge in [-0.1, -0.05) is 6.92 Å².